The molecule has 0 spiro atoms. The molecule has 3 rings (SSSR count). The second kappa shape index (κ2) is 5.95. The van der Waals surface area contributed by atoms with Crippen molar-refractivity contribution in [1.82, 2.24) is 14.5 Å². The number of pyridine rings is 1. The maximum atomic E-state index is 4.60. The third kappa shape index (κ3) is 2.89. The number of benzene rings is 1. The van der Waals surface area contributed by atoms with Gasteiger partial charge in [-0.05, 0) is 30.9 Å². The van der Waals surface area contributed by atoms with Gasteiger partial charge in [0.15, 0.2) is 0 Å². The van der Waals surface area contributed by atoms with Crippen LogP contribution in [0.4, 0.5) is 11.6 Å². The summed E-state index contributed by atoms with van der Waals surface area (Å²) in [5, 5.41) is 5.75. The zero-order valence-corrected chi connectivity index (χ0v) is 12.5. The lowest BCUT2D eigenvalue weighted by Crippen LogP contribution is -2.03. The number of imidazole rings is 1. The maximum absolute atomic E-state index is 4.60. The van der Waals surface area contributed by atoms with Gasteiger partial charge in [0, 0.05) is 30.5 Å². The molecule has 3 aromatic rings. The van der Waals surface area contributed by atoms with Crippen molar-refractivity contribution < 1.29 is 0 Å². The monoisotopic (exact) mass is 280 g/mol. The van der Waals surface area contributed by atoms with Gasteiger partial charge in [-0.15, -0.1) is 0 Å². The van der Waals surface area contributed by atoms with Gasteiger partial charge < -0.3 is 9.88 Å². The average Bonchev–Trinajstić information content (AvgIpc) is 2.85. The summed E-state index contributed by atoms with van der Waals surface area (Å²) in [5.41, 5.74) is 2.08. The molecule has 0 aliphatic rings. The topological polar surface area (TPSA) is 42.7 Å². The van der Waals surface area contributed by atoms with Crippen LogP contribution in [0.1, 0.15) is 25.5 Å². The number of nitrogens with zero attached hydrogens (tertiary/aromatic N) is 3. The first-order chi connectivity index (χ1) is 10.3. The first-order valence-corrected chi connectivity index (χ1v) is 7.41. The summed E-state index contributed by atoms with van der Waals surface area (Å²) in [6.45, 7) is 5.22. The molecule has 0 radical (unpaired) electrons. The Labute approximate surface area is 124 Å². The summed E-state index contributed by atoms with van der Waals surface area (Å²) >= 11 is 0. The number of hydrogen-bond donors (Lipinski definition) is 1. The number of aromatic nitrogens is 3. The number of anilines is 2. The highest BCUT2D eigenvalue weighted by Gasteiger charge is 2.07. The minimum atomic E-state index is 0.900. The number of fused-ring (bicyclic) bond motifs is 1. The molecule has 0 unspecified atom stereocenters. The van der Waals surface area contributed by atoms with Crippen LogP contribution in [0.25, 0.3) is 10.8 Å². The van der Waals surface area contributed by atoms with E-state index < -0.39 is 0 Å². The Morgan fingerprint density at radius 2 is 2.14 bits per heavy atom. The molecule has 0 aliphatic heterocycles. The second-order valence-corrected chi connectivity index (χ2v) is 5.28. The van der Waals surface area contributed by atoms with Crippen LogP contribution in [0, 0.1) is 6.92 Å². The van der Waals surface area contributed by atoms with E-state index in [9.17, 15) is 0 Å². The van der Waals surface area contributed by atoms with Gasteiger partial charge >= 0.3 is 0 Å². The van der Waals surface area contributed by atoms with Gasteiger partial charge in [-0.1, -0.05) is 25.5 Å². The first-order valence-electron chi connectivity index (χ1n) is 7.41. The van der Waals surface area contributed by atoms with E-state index in [0.29, 0.717) is 0 Å². The SMILES string of the molecule is CCCCn1cc(C)nc1Nc1cccc2ccncc12. The van der Waals surface area contributed by atoms with Gasteiger partial charge in [0.2, 0.25) is 5.95 Å². The third-order valence-corrected chi connectivity index (χ3v) is 3.58. The standard InChI is InChI=1S/C17H20N4/c1-3-4-10-21-12-13(2)19-17(21)20-16-7-5-6-14-8-9-18-11-15(14)16/h5-9,11-12H,3-4,10H2,1-2H3,(H,19,20). The Balaban J connectivity index is 1.95. The molecule has 0 fully saturated rings. The van der Waals surface area contributed by atoms with Crippen molar-refractivity contribution in [2.24, 2.45) is 0 Å². The van der Waals surface area contributed by atoms with Crippen LogP contribution in [0.2, 0.25) is 0 Å². The molecule has 1 aromatic carbocycles. The Morgan fingerprint density at radius 1 is 1.24 bits per heavy atom. The van der Waals surface area contributed by atoms with Crippen molar-refractivity contribution in [2.45, 2.75) is 33.2 Å². The molecule has 4 heteroatoms. The molecular formula is C17H20N4. The lowest BCUT2D eigenvalue weighted by Gasteiger charge is -2.11. The highest BCUT2D eigenvalue weighted by Crippen LogP contribution is 2.25. The summed E-state index contributed by atoms with van der Waals surface area (Å²) < 4.78 is 2.19. The molecule has 0 atom stereocenters. The van der Waals surface area contributed by atoms with Gasteiger partial charge in [-0.2, -0.15) is 0 Å². The lowest BCUT2D eigenvalue weighted by atomic mass is 10.1. The Kier molecular flexibility index (Phi) is 3.86. The van der Waals surface area contributed by atoms with Crippen molar-refractivity contribution in [3.8, 4) is 0 Å². The van der Waals surface area contributed by atoms with E-state index in [1.165, 1.54) is 11.8 Å². The highest BCUT2D eigenvalue weighted by atomic mass is 15.2. The Hall–Kier alpha value is -2.36. The largest absolute Gasteiger partial charge is 0.325 e. The first kappa shape index (κ1) is 13.6. The number of aryl methyl sites for hydroxylation is 2. The molecule has 0 amide bonds. The molecule has 21 heavy (non-hydrogen) atoms. The van der Waals surface area contributed by atoms with Crippen LogP contribution in [-0.2, 0) is 6.54 Å². The molecule has 0 saturated heterocycles. The van der Waals surface area contributed by atoms with Gasteiger partial charge in [0.25, 0.3) is 0 Å². The van der Waals surface area contributed by atoms with Crippen LogP contribution < -0.4 is 5.32 Å². The molecular weight excluding hydrogens is 260 g/mol. The number of hydrogen-bond acceptors (Lipinski definition) is 3. The zero-order chi connectivity index (χ0) is 14.7. The lowest BCUT2D eigenvalue weighted by molar-refractivity contribution is 0.637. The molecule has 2 aromatic heterocycles. The van der Waals surface area contributed by atoms with Crippen molar-refractivity contribution in [2.75, 3.05) is 5.32 Å². The third-order valence-electron chi connectivity index (χ3n) is 3.58. The number of rotatable bonds is 5. The molecule has 0 aliphatic carbocycles. The molecule has 0 bridgehead atoms. The second-order valence-electron chi connectivity index (χ2n) is 5.28. The predicted octanol–water partition coefficient (Wildman–Crippen LogP) is 4.28. The fraction of sp³-hybridized carbons (Fsp3) is 0.294. The summed E-state index contributed by atoms with van der Waals surface area (Å²) in [7, 11) is 0. The summed E-state index contributed by atoms with van der Waals surface area (Å²) in [4.78, 5) is 8.82. The van der Waals surface area contributed by atoms with Crippen LogP contribution in [0.5, 0.6) is 0 Å². The highest BCUT2D eigenvalue weighted by molar-refractivity contribution is 5.94. The fourth-order valence-corrected chi connectivity index (χ4v) is 2.49. The van der Waals surface area contributed by atoms with Crippen LogP contribution in [-0.4, -0.2) is 14.5 Å². The molecule has 0 saturated carbocycles. The van der Waals surface area contributed by atoms with Gasteiger partial charge in [0.05, 0.1) is 11.4 Å². The van der Waals surface area contributed by atoms with Crippen LogP contribution >= 0.6 is 0 Å². The van der Waals surface area contributed by atoms with Crippen molar-refractivity contribution in [3.05, 3.63) is 48.5 Å². The van der Waals surface area contributed by atoms with E-state index in [1.54, 1.807) is 0 Å². The summed E-state index contributed by atoms with van der Waals surface area (Å²) in [5.74, 6) is 0.900. The van der Waals surface area contributed by atoms with Gasteiger partial charge in [-0.3, -0.25) is 4.98 Å². The minimum absolute atomic E-state index is 0.900. The smallest absolute Gasteiger partial charge is 0.207 e. The zero-order valence-electron chi connectivity index (χ0n) is 12.5. The predicted molar refractivity (Wildman–Crippen MR) is 86.9 cm³/mol. The van der Waals surface area contributed by atoms with E-state index in [1.807, 2.05) is 25.4 Å². The van der Waals surface area contributed by atoms with E-state index in [4.69, 9.17) is 0 Å². The van der Waals surface area contributed by atoms with Gasteiger partial charge in [-0.25, -0.2) is 4.98 Å². The molecule has 1 N–H and O–H groups in total. The average molecular weight is 280 g/mol. The normalized spacial score (nSPS) is 11.0. The van der Waals surface area contributed by atoms with Crippen molar-refractivity contribution in [3.63, 3.8) is 0 Å². The Morgan fingerprint density at radius 3 is 3.00 bits per heavy atom. The molecule has 2 heterocycles. The van der Waals surface area contributed by atoms with Gasteiger partial charge in [0.1, 0.15) is 0 Å². The van der Waals surface area contributed by atoms with E-state index >= 15 is 0 Å². The van der Waals surface area contributed by atoms with E-state index in [2.05, 4.69) is 51.2 Å². The molecule has 4 nitrogen and oxygen atoms in total. The quantitative estimate of drug-likeness (QED) is 0.758. The number of unbranched alkanes of at least 4 members (excludes halogenated alkanes) is 1. The van der Waals surface area contributed by atoms with Crippen molar-refractivity contribution in [1.29, 1.82) is 0 Å². The summed E-state index contributed by atoms with van der Waals surface area (Å²) in [6, 6.07) is 8.24. The fourth-order valence-electron chi connectivity index (χ4n) is 2.49. The van der Waals surface area contributed by atoms with Crippen molar-refractivity contribution >= 4 is 22.4 Å². The van der Waals surface area contributed by atoms with Crippen LogP contribution in [0.3, 0.4) is 0 Å². The van der Waals surface area contributed by atoms with E-state index in [0.717, 1.165) is 35.7 Å². The molecule has 108 valence electrons. The van der Waals surface area contributed by atoms with Crippen LogP contribution in [0.15, 0.2) is 42.9 Å². The maximum Gasteiger partial charge on any atom is 0.207 e. The van der Waals surface area contributed by atoms with E-state index in [-0.39, 0.29) is 0 Å². The minimum Gasteiger partial charge on any atom is -0.325 e. The summed E-state index contributed by atoms with van der Waals surface area (Å²) in [6.07, 6.45) is 8.14. The number of nitrogens with one attached hydrogen (secondary N) is 1. The Bertz CT molecular complexity index is 740.